The van der Waals surface area contributed by atoms with E-state index < -0.39 is 30.4 Å². The summed E-state index contributed by atoms with van der Waals surface area (Å²) in [6.07, 6.45) is -4.99. The number of methoxy groups -OCH3 is 1. The molecule has 0 bridgehead atoms. The molecule has 100 valence electrons. The molecule has 0 aliphatic heterocycles. The molecule has 0 radical (unpaired) electrons. The van der Waals surface area contributed by atoms with Crippen LogP contribution in [-0.4, -0.2) is 24.4 Å². The summed E-state index contributed by atoms with van der Waals surface area (Å²) >= 11 is 1.59. The number of carbonyl (C=O) groups excluding carboxylic acids is 1. The maximum Gasteiger partial charge on any atom is 0.573 e. The topological polar surface area (TPSA) is 48.4 Å². The van der Waals surface area contributed by atoms with Crippen LogP contribution in [0.15, 0.2) is 6.07 Å². The second kappa shape index (κ2) is 5.67. The second-order valence-electron chi connectivity index (χ2n) is 2.94. The molecule has 0 amide bonds. The van der Waals surface area contributed by atoms with Crippen molar-refractivity contribution in [2.75, 3.05) is 7.11 Å². The monoisotopic (exact) mass is 379 g/mol. The molecule has 0 aliphatic rings. The van der Waals surface area contributed by atoms with E-state index in [-0.39, 0.29) is 9.26 Å². The first-order valence-corrected chi connectivity index (χ1v) is 5.45. The third-order valence-electron chi connectivity index (χ3n) is 1.77. The Kier molecular flexibility index (Phi) is 4.71. The van der Waals surface area contributed by atoms with E-state index in [0.29, 0.717) is 0 Å². The van der Waals surface area contributed by atoms with Gasteiger partial charge in [0.15, 0.2) is 5.75 Å². The maximum atomic E-state index is 12.5. The largest absolute Gasteiger partial charge is 0.573 e. The zero-order valence-corrected chi connectivity index (χ0v) is 11.0. The zero-order chi connectivity index (χ0) is 13.9. The molecule has 0 N–H and O–H groups in total. The van der Waals surface area contributed by atoms with Crippen molar-refractivity contribution in [2.24, 2.45) is 0 Å². The molecule has 0 aliphatic carbocycles. The minimum Gasteiger partial charge on any atom is -0.465 e. The van der Waals surface area contributed by atoms with Crippen LogP contribution in [0, 0.1) is 3.70 Å². The summed E-state index contributed by atoms with van der Waals surface area (Å²) in [6.45, 7) is -1.25. The van der Waals surface area contributed by atoms with Crippen LogP contribution in [0.25, 0.3) is 0 Å². The van der Waals surface area contributed by atoms with E-state index in [2.05, 4.69) is 14.5 Å². The fourth-order valence-corrected chi connectivity index (χ4v) is 1.74. The molecule has 4 nitrogen and oxygen atoms in total. The van der Waals surface area contributed by atoms with E-state index in [1.807, 2.05) is 0 Å². The van der Waals surface area contributed by atoms with Crippen LogP contribution in [0.1, 0.15) is 16.1 Å². The van der Waals surface area contributed by atoms with Gasteiger partial charge in [0, 0.05) is 0 Å². The highest BCUT2D eigenvalue weighted by Gasteiger charge is 2.33. The van der Waals surface area contributed by atoms with Gasteiger partial charge >= 0.3 is 12.3 Å². The number of rotatable bonds is 3. The number of ether oxygens (including phenoxy) is 2. The molecule has 9 heteroatoms. The van der Waals surface area contributed by atoms with Gasteiger partial charge in [-0.3, -0.25) is 0 Å². The normalized spacial score (nSPS) is 11.2. The Bertz CT molecular complexity index is 464. The summed E-state index contributed by atoms with van der Waals surface area (Å²) in [5.74, 6) is -1.74. The molecule has 0 fully saturated rings. The number of esters is 1. The van der Waals surface area contributed by atoms with Crippen LogP contribution in [0.5, 0.6) is 5.75 Å². The number of carbonyl (C=O) groups is 1. The Morgan fingerprint density at radius 2 is 2.11 bits per heavy atom. The highest BCUT2D eigenvalue weighted by Crippen LogP contribution is 2.29. The number of pyridine rings is 1. The minimum atomic E-state index is -4.99. The first-order chi connectivity index (χ1) is 8.28. The predicted octanol–water partition coefficient (Wildman–Crippen LogP) is 2.84. The summed E-state index contributed by atoms with van der Waals surface area (Å²) in [6, 6.07) is 0.753. The van der Waals surface area contributed by atoms with Gasteiger partial charge in [-0.15, -0.1) is 13.2 Å². The quantitative estimate of drug-likeness (QED) is 0.351. The van der Waals surface area contributed by atoms with Crippen LogP contribution < -0.4 is 4.74 Å². The Hall–Kier alpha value is -1.13. The van der Waals surface area contributed by atoms with Crippen LogP contribution in [-0.2, 0) is 11.4 Å². The molecule has 0 aromatic carbocycles. The van der Waals surface area contributed by atoms with Gasteiger partial charge in [0.05, 0.1) is 12.7 Å². The molecule has 1 aromatic rings. The summed E-state index contributed by atoms with van der Waals surface area (Å²) in [7, 11) is 1.06. The van der Waals surface area contributed by atoms with E-state index in [9.17, 15) is 22.4 Å². The number of alkyl halides is 4. The van der Waals surface area contributed by atoms with Crippen molar-refractivity contribution in [3.8, 4) is 5.75 Å². The molecule has 1 aromatic heterocycles. The molecule has 0 spiro atoms. The van der Waals surface area contributed by atoms with Gasteiger partial charge in [0.2, 0.25) is 0 Å². The number of hydrogen-bond donors (Lipinski definition) is 0. The lowest BCUT2D eigenvalue weighted by Crippen LogP contribution is -2.19. The standard InChI is InChI=1S/C9H6F4INO3/c1-17-8(16)4-2-6(18-9(11,12)13)5(3-10)15-7(4)14/h2H,3H2,1H3. The Labute approximate surface area is 112 Å². The van der Waals surface area contributed by atoms with Crippen molar-refractivity contribution in [3.05, 3.63) is 21.0 Å². The van der Waals surface area contributed by atoms with Crippen LogP contribution >= 0.6 is 22.6 Å². The highest BCUT2D eigenvalue weighted by atomic mass is 127. The average Bonchev–Trinajstić information content (AvgIpc) is 2.28. The van der Waals surface area contributed by atoms with Crippen molar-refractivity contribution < 1.29 is 31.8 Å². The van der Waals surface area contributed by atoms with E-state index in [1.165, 1.54) is 0 Å². The zero-order valence-electron chi connectivity index (χ0n) is 8.85. The second-order valence-corrected chi connectivity index (χ2v) is 3.97. The fraction of sp³-hybridized carbons (Fsp3) is 0.333. The number of hydrogen-bond acceptors (Lipinski definition) is 4. The van der Waals surface area contributed by atoms with Gasteiger partial charge in [0.25, 0.3) is 0 Å². The van der Waals surface area contributed by atoms with Gasteiger partial charge < -0.3 is 9.47 Å². The van der Waals surface area contributed by atoms with Gasteiger partial charge in [0.1, 0.15) is 16.1 Å². The molecule has 0 unspecified atom stereocenters. The van der Waals surface area contributed by atoms with Crippen molar-refractivity contribution in [3.63, 3.8) is 0 Å². The van der Waals surface area contributed by atoms with Gasteiger partial charge in [-0.05, 0) is 28.7 Å². The molecule has 1 heterocycles. The van der Waals surface area contributed by atoms with E-state index in [4.69, 9.17) is 0 Å². The molecule has 18 heavy (non-hydrogen) atoms. The predicted molar refractivity (Wildman–Crippen MR) is 59.8 cm³/mol. The summed E-state index contributed by atoms with van der Waals surface area (Å²) in [5, 5.41) is 0. The van der Waals surface area contributed by atoms with E-state index in [1.54, 1.807) is 22.6 Å². The lowest BCUT2D eigenvalue weighted by atomic mass is 10.2. The molecular formula is C9H6F4INO3. The maximum absolute atomic E-state index is 12.5. The summed E-state index contributed by atoms with van der Waals surface area (Å²) in [4.78, 5) is 14.8. The fourth-order valence-electron chi connectivity index (χ4n) is 1.07. The third-order valence-corrected chi connectivity index (χ3v) is 2.60. The smallest absolute Gasteiger partial charge is 0.465 e. The van der Waals surface area contributed by atoms with Gasteiger partial charge in [-0.25, -0.2) is 14.2 Å². The number of aromatic nitrogens is 1. The summed E-state index contributed by atoms with van der Waals surface area (Å²) < 4.78 is 56.8. The Morgan fingerprint density at radius 1 is 1.50 bits per heavy atom. The van der Waals surface area contributed by atoms with Gasteiger partial charge in [-0.2, -0.15) is 0 Å². The lowest BCUT2D eigenvalue weighted by molar-refractivity contribution is -0.275. The van der Waals surface area contributed by atoms with E-state index in [0.717, 1.165) is 13.2 Å². The average molecular weight is 379 g/mol. The SMILES string of the molecule is COC(=O)c1cc(OC(F)(F)F)c(CF)nc1I. The van der Waals surface area contributed by atoms with Crippen LogP contribution in [0.2, 0.25) is 0 Å². The highest BCUT2D eigenvalue weighted by molar-refractivity contribution is 14.1. The van der Waals surface area contributed by atoms with Crippen molar-refractivity contribution in [1.29, 1.82) is 0 Å². The number of nitrogens with zero attached hydrogens (tertiary/aromatic N) is 1. The van der Waals surface area contributed by atoms with Crippen LogP contribution in [0.3, 0.4) is 0 Å². The first kappa shape index (κ1) is 14.9. The van der Waals surface area contributed by atoms with Gasteiger partial charge in [-0.1, -0.05) is 0 Å². The van der Waals surface area contributed by atoms with Crippen molar-refractivity contribution >= 4 is 28.6 Å². The summed E-state index contributed by atoms with van der Waals surface area (Å²) in [5.41, 5.74) is -0.765. The first-order valence-electron chi connectivity index (χ1n) is 4.38. The Balaban J connectivity index is 3.26. The molecule has 1 rings (SSSR count). The molecule has 0 saturated heterocycles. The van der Waals surface area contributed by atoms with Crippen molar-refractivity contribution in [2.45, 2.75) is 13.0 Å². The van der Waals surface area contributed by atoms with E-state index >= 15 is 0 Å². The number of halogens is 5. The minimum absolute atomic E-state index is 0.0293. The Morgan fingerprint density at radius 3 is 2.56 bits per heavy atom. The van der Waals surface area contributed by atoms with Crippen molar-refractivity contribution in [1.82, 2.24) is 4.98 Å². The van der Waals surface area contributed by atoms with Crippen LogP contribution in [0.4, 0.5) is 17.6 Å². The molecule has 0 atom stereocenters. The molecular weight excluding hydrogens is 373 g/mol. The lowest BCUT2D eigenvalue weighted by Gasteiger charge is -2.13. The molecule has 0 saturated carbocycles. The third kappa shape index (κ3) is 3.68.